The third-order valence-corrected chi connectivity index (χ3v) is 4.94. The molecule has 0 amide bonds. The number of hydrogen-bond acceptors (Lipinski definition) is 4. The van der Waals surface area contributed by atoms with Crippen LogP contribution in [-0.4, -0.2) is 14.8 Å². The Kier molecular flexibility index (Phi) is 5.33. The van der Waals surface area contributed by atoms with Crippen LogP contribution in [0.4, 0.5) is 0 Å². The van der Waals surface area contributed by atoms with Gasteiger partial charge in [-0.15, -0.1) is 11.3 Å². The van der Waals surface area contributed by atoms with Gasteiger partial charge in [0.2, 0.25) is 0 Å². The average Bonchev–Trinajstić information content (AvgIpc) is 3.11. The Morgan fingerprint density at radius 2 is 2.13 bits per heavy atom. The van der Waals surface area contributed by atoms with E-state index in [4.69, 9.17) is 27.9 Å². The molecule has 0 fully saturated rings. The second-order valence-corrected chi connectivity index (χ2v) is 7.28. The minimum Gasteiger partial charge on any atom is -0.366 e. The van der Waals surface area contributed by atoms with Gasteiger partial charge in [-0.2, -0.15) is 5.10 Å². The number of nitrogens with zero attached hydrogens (tertiary/aromatic N) is 3. The molecule has 0 spiro atoms. The van der Waals surface area contributed by atoms with Crippen LogP contribution >= 0.6 is 34.5 Å². The van der Waals surface area contributed by atoms with Gasteiger partial charge in [0, 0.05) is 30.7 Å². The molecule has 3 heterocycles. The van der Waals surface area contributed by atoms with Gasteiger partial charge in [0.25, 0.3) is 0 Å². The van der Waals surface area contributed by atoms with Crippen molar-refractivity contribution in [2.45, 2.75) is 19.1 Å². The number of ether oxygens (including phenoxy) is 1. The van der Waals surface area contributed by atoms with E-state index in [-0.39, 0.29) is 6.10 Å². The summed E-state index contributed by atoms with van der Waals surface area (Å²) in [4.78, 5) is 5.23. The molecule has 0 radical (unpaired) electrons. The lowest BCUT2D eigenvalue weighted by molar-refractivity contribution is 0.0362. The lowest BCUT2D eigenvalue weighted by Gasteiger charge is -2.18. The van der Waals surface area contributed by atoms with Gasteiger partial charge in [-0.3, -0.25) is 9.67 Å². The molecular weight excluding hydrogens is 353 g/mol. The summed E-state index contributed by atoms with van der Waals surface area (Å²) in [7, 11) is 1.86. The molecule has 0 N–H and O–H groups in total. The second kappa shape index (κ2) is 7.45. The first-order valence-electron chi connectivity index (χ1n) is 7.05. The third kappa shape index (κ3) is 4.12. The van der Waals surface area contributed by atoms with Crippen LogP contribution < -0.4 is 0 Å². The zero-order valence-corrected chi connectivity index (χ0v) is 14.8. The molecular formula is C16H15Cl2N3OS. The highest BCUT2D eigenvalue weighted by Crippen LogP contribution is 2.30. The Bertz CT molecular complexity index is 753. The molecule has 0 aliphatic carbocycles. The average molecular weight is 368 g/mol. The lowest BCUT2D eigenvalue weighted by atomic mass is 10.1. The molecule has 3 aromatic rings. The van der Waals surface area contributed by atoms with Gasteiger partial charge in [-0.25, -0.2) is 0 Å². The summed E-state index contributed by atoms with van der Waals surface area (Å²) in [5, 5.41) is 4.81. The van der Waals surface area contributed by atoms with Crippen LogP contribution in [0.15, 0.2) is 42.9 Å². The van der Waals surface area contributed by atoms with E-state index < -0.39 is 0 Å². The van der Waals surface area contributed by atoms with Crippen LogP contribution in [-0.2, 0) is 24.8 Å². The molecule has 120 valence electrons. The van der Waals surface area contributed by atoms with Crippen LogP contribution in [0.2, 0.25) is 9.36 Å². The fourth-order valence-corrected chi connectivity index (χ4v) is 3.66. The summed E-state index contributed by atoms with van der Waals surface area (Å²) in [5.41, 5.74) is 1.94. The zero-order valence-electron chi connectivity index (χ0n) is 12.4. The highest BCUT2D eigenvalue weighted by atomic mass is 35.5. The Labute approximate surface area is 148 Å². The van der Waals surface area contributed by atoms with Crippen molar-refractivity contribution in [3.05, 3.63) is 68.3 Å². The number of rotatable bonds is 6. The van der Waals surface area contributed by atoms with Crippen molar-refractivity contribution in [1.29, 1.82) is 0 Å². The van der Waals surface area contributed by atoms with E-state index in [1.54, 1.807) is 17.1 Å². The smallest absolute Gasteiger partial charge is 0.105 e. The molecule has 0 aliphatic heterocycles. The monoisotopic (exact) mass is 367 g/mol. The summed E-state index contributed by atoms with van der Waals surface area (Å²) in [6, 6.07) is 7.78. The van der Waals surface area contributed by atoms with E-state index in [2.05, 4.69) is 10.1 Å². The van der Waals surface area contributed by atoms with Crippen molar-refractivity contribution in [1.82, 2.24) is 14.8 Å². The van der Waals surface area contributed by atoms with E-state index in [9.17, 15) is 0 Å². The van der Waals surface area contributed by atoms with Gasteiger partial charge in [0.05, 0.1) is 27.9 Å². The van der Waals surface area contributed by atoms with Crippen LogP contribution in [0.3, 0.4) is 0 Å². The first-order chi connectivity index (χ1) is 11.1. The molecule has 3 rings (SSSR count). The fraction of sp³-hybridized carbons (Fsp3) is 0.250. The Morgan fingerprint density at radius 3 is 2.74 bits per heavy atom. The summed E-state index contributed by atoms with van der Waals surface area (Å²) in [6.07, 6.45) is 5.69. The number of aryl methyl sites for hydroxylation is 1. The molecule has 0 bridgehead atoms. The van der Waals surface area contributed by atoms with Gasteiger partial charge >= 0.3 is 0 Å². The SMILES string of the molecule is Cn1ncc(Cl)c1[C@@H](Cc1cccnc1)OCc1ccc(Cl)s1. The summed E-state index contributed by atoms with van der Waals surface area (Å²) < 4.78 is 8.64. The highest BCUT2D eigenvalue weighted by molar-refractivity contribution is 7.16. The molecule has 0 aromatic carbocycles. The van der Waals surface area contributed by atoms with Crippen LogP contribution in [0.25, 0.3) is 0 Å². The number of pyridine rings is 1. The molecule has 23 heavy (non-hydrogen) atoms. The van der Waals surface area contributed by atoms with Crippen molar-refractivity contribution in [3.8, 4) is 0 Å². The standard InChI is InChI=1S/C16H15Cl2N3OS/c1-21-16(13(17)9-20-21)14(7-11-3-2-6-19-8-11)22-10-12-4-5-15(18)23-12/h2-6,8-9,14H,7,10H2,1H3/t14-/m1/s1. The van der Waals surface area contributed by atoms with Crippen LogP contribution in [0.1, 0.15) is 22.2 Å². The minimum absolute atomic E-state index is 0.208. The molecule has 0 saturated heterocycles. The number of hydrogen-bond donors (Lipinski definition) is 0. The molecule has 0 aliphatic rings. The van der Waals surface area contributed by atoms with E-state index in [1.807, 2.05) is 37.5 Å². The first kappa shape index (κ1) is 16.5. The van der Waals surface area contributed by atoms with Gasteiger partial charge in [-0.1, -0.05) is 29.3 Å². The van der Waals surface area contributed by atoms with Gasteiger partial charge < -0.3 is 4.74 Å². The van der Waals surface area contributed by atoms with E-state index in [0.717, 1.165) is 20.5 Å². The maximum atomic E-state index is 6.29. The summed E-state index contributed by atoms with van der Waals surface area (Å²) >= 11 is 13.8. The fourth-order valence-electron chi connectivity index (χ4n) is 2.36. The topological polar surface area (TPSA) is 39.9 Å². The Balaban J connectivity index is 1.81. The van der Waals surface area contributed by atoms with Crippen molar-refractivity contribution in [3.63, 3.8) is 0 Å². The minimum atomic E-state index is -0.208. The Hall–Kier alpha value is -1.40. The number of aromatic nitrogens is 3. The zero-order chi connectivity index (χ0) is 16.2. The van der Waals surface area contributed by atoms with Crippen molar-refractivity contribution in [2.75, 3.05) is 0 Å². The lowest BCUT2D eigenvalue weighted by Crippen LogP contribution is -2.13. The van der Waals surface area contributed by atoms with Crippen LogP contribution in [0.5, 0.6) is 0 Å². The molecule has 3 aromatic heterocycles. The number of halogens is 2. The van der Waals surface area contributed by atoms with Gasteiger partial charge in [0.1, 0.15) is 6.10 Å². The van der Waals surface area contributed by atoms with Crippen molar-refractivity contribution < 1.29 is 4.74 Å². The normalized spacial score (nSPS) is 12.5. The predicted molar refractivity (Wildman–Crippen MR) is 93.0 cm³/mol. The molecule has 0 saturated carbocycles. The van der Waals surface area contributed by atoms with Gasteiger partial charge in [-0.05, 0) is 23.8 Å². The quantitative estimate of drug-likeness (QED) is 0.634. The predicted octanol–water partition coefficient (Wildman–Crippen LogP) is 4.68. The second-order valence-electron chi connectivity index (χ2n) is 5.07. The molecule has 7 heteroatoms. The third-order valence-electron chi connectivity index (χ3n) is 3.44. The number of thiophene rings is 1. The maximum Gasteiger partial charge on any atom is 0.105 e. The highest BCUT2D eigenvalue weighted by Gasteiger charge is 2.21. The molecule has 1 atom stereocenters. The maximum absolute atomic E-state index is 6.29. The van der Waals surface area contributed by atoms with Crippen molar-refractivity contribution >= 4 is 34.5 Å². The van der Waals surface area contributed by atoms with E-state index in [1.165, 1.54) is 11.3 Å². The van der Waals surface area contributed by atoms with Crippen LogP contribution in [0, 0.1) is 0 Å². The molecule has 0 unspecified atom stereocenters. The van der Waals surface area contributed by atoms with Crippen molar-refractivity contribution in [2.24, 2.45) is 7.05 Å². The molecule has 4 nitrogen and oxygen atoms in total. The first-order valence-corrected chi connectivity index (χ1v) is 8.63. The van der Waals surface area contributed by atoms with E-state index in [0.29, 0.717) is 18.1 Å². The summed E-state index contributed by atoms with van der Waals surface area (Å²) in [6.45, 7) is 0.476. The Morgan fingerprint density at radius 1 is 1.26 bits per heavy atom. The van der Waals surface area contributed by atoms with E-state index >= 15 is 0 Å². The largest absolute Gasteiger partial charge is 0.366 e. The summed E-state index contributed by atoms with van der Waals surface area (Å²) in [5.74, 6) is 0. The van der Waals surface area contributed by atoms with Gasteiger partial charge in [0.15, 0.2) is 0 Å².